The first-order chi connectivity index (χ1) is 11.6. The second-order valence-electron chi connectivity index (χ2n) is 5.53. The van der Waals surface area contributed by atoms with Crippen LogP contribution in [0.5, 0.6) is 5.75 Å². The molecule has 0 heterocycles. The van der Waals surface area contributed by atoms with Crippen LogP contribution in [-0.4, -0.2) is 12.4 Å². The van der Waals surface area contributed by atoms with Crippen molar-refractivity contribution in [2.24, 2.45) is 0 Å². The first kappa shape index (κ1) is 18.1. The van der Waals surface area contributed by atoms with Crippen molar-refractivity contribution in [2.75, 3.05) is 11.9 Å². The molecule has 0 aliphatic rings. The van der Waals surface area contributed by atoms with Gasteiger partial charge in [0.2, 0.25) is 0 Å². The molecule has 0 radical (unpaired) electrons. The first-order valence-corrected chi connectivity index (χ1v) is 8.44. The second kappa shape index (κ2) is 9.14. The topological polar surface area (TPSA) is 38.3 Å². The van der Waals surface area contributed by atoms with Crippen LogP contribution in [0.2, 0.25) is 5.02 Å². The number of hydrogen-bond acceptors (Lipinski definition) is 3. The maximum Gasteiger partial charge on any atom is 0.187 e. The summed E-state index contributed by atoms with van der Waals surface area (Å²) >= 11 is 5.97. The number of ether oxygens (including phenoxy) is 1. The molecule has 1 N–H and O–H groups in total. The van der Waals surface area contributed by atoms with Gasteiger partial charge in [0.25, 0.3) is 0 Å². The van der Waals surface area contributed by atoms with E-state index in [1.165, 1.54) is 6.08 Å². The van der Waals surface area contributed by atoms with E-state index in [1.54, 1.807) is 18.3 Å². The van der Waals surface area contributed by atoms with Gasteiger partial charge in [-0.2, -0.15) is 0 Å². The number of nitrogens with one attached hydrogen (secondary N) is 1. The summed E-state index contributed by atoms with van der Waals surface area (Å²) in [5, 5.41) is 3.74. The molecule has 0 atom stereocenters. The molecule has 0 bridgehead atoms. The van der Waals surface area contributed by atoms with Gasteiger partial charge in [-0.15, -0.1) is 0 Å². The number of carbonyl (C=O) groups excluding carboxylic acids is 1. The molecule has 0 amide bonds. The van der Waals surface area contributed by atoms with Crippen LogP contribution in [0.25, 0.3) is 0 Å². The van der Waals surface area contributed by atoms with Crippen LogP contribution in [0, 0.1) is 6.92 Å². The Morgan fingerprint density at radius 3 is 2.67 bits per heavy atom. The molecule has 2 rings (SSSR count). The summed E-state index contributed by atoms with van der Waals surface area (Å²) in [6.07, 6.45) is 5.26. The molecular weight excluding hydrogens is 322 g/mol. The van der Waals surface area contributed by atoms with E-state index in [9.17, 15) is 4.79 Å². The van der Waals surface area contributed by atoms with Crippen LogP contribution < -0.4 is 10.1 Å². The Morgan fingerprint density at radius 2 is 1.96 bits per heavy atom. The molecule has 0 aromatic heterocycles. The number of unbranched alkanes of at least 4 members (excludes halogenated alkanes) is 1. The summed E-state index contributed by atoms with van der Waals surface area (Å²) in [6, 6.07) is 12.8. The average molecular weight is 344 g/mol. The maximum absolute atomic E-state index is 12.2. The molecule has 0 spiro atoms. The molecule has 0 saturated heterocycles. The quantitative estimate of drug-likeness (QED) is 0.383. The number of rotatable bonds is 8. The summed E-state index contributed by atoms with van der Waals surface area (Å²) in [4.78, 5) is 12.2. The highest BCUT2D eigenvalue weighted by molar-refractivity contribution is 6.30. The number of hydrogen-bond donors (Lipinski definition) is 1. The largest absolute Gasteiger partial charge is 0.494 e. The van der Waals surface area contributed by atoms with Crippen LogP contribution in [0.3, 0.4) is 0 Å². The molecule has 126 valence electrons. The second-order valence-corrected chi connectivity index (χ2v) is 5.96. The predicted octanol–water partition coefficient (Wildman–Crippen LogP) is 5.64. The zero-order valence-electron chi connectivity index (χ0n) is 14.0. The summed E-state index contributed by atoms with van der Waals surface area (Å²) in [5.41, 5.74) is 2.56. The third-order valence-corrected chi connectivity index (χ3v) is 3.81. The molecule has 0 fully saturated rings. The Morgan fingerprint density at radius 1 is 1.21 bits per heavy atom. The van der Waals surface area contributed by atoms with Crippen LogP contribution in [0.15, 0.2) is 54.7 Å². The fraction of sp³-hybridized carbons (Fsp3) is 0.250. The van der Waals surface area contributed by atoms with E-state index < -0.39 is 0 Å². The standard InChI is InChI=1S/C20H22ClNO2/c1-3-4-13-24-18-9-6-16(7-10-18)20(23)11-12-22-19-14-17(21)8-5-15(19)2/h5-12,14,22H,3-4,13H2,1-2H3/b12-11+. The normalized spacial score (nSPS) is 10.8. The van der Waals surface area contributed by atoms with Crippen molar-refractivity contribution in [2.45, 2.75) is 26.7 Å². The van der Waals surface area contributed by atoms with Crippen LogP contribution in [0.4, 0.5) is 5.69 Å². The van der Waals surface area contributed by atoms with Crippen molar-refractivity contribution in [1.29, 1.82) is 0 Å². The SMILES string of the molecule is CCCCOc1ccc(C(=O)/C=C/Nc2cc(Cl)ccc2C)cc1. The van der Waals surface area contributed by atoms with Gasteiger partial charge < -0.3 is 10.1 Å². The van der Waals surface area contributed by atoms with Crippen molar-refractivity contribution in [3.05, 3.63) is 70.9 Å². The molecule has 4 heteroatoms. The van der Waals surface area contributed by atoms with Gasteiger partial charge in [-0.05, 0) is 55.3 Å². The lowest BCUT2D eigenvalue weighted by atomic mass is 10.1. The first-order valence-electron chi connectivity index (χ1n) is 8.06. The van der Waals surface area contributed by atoms with Gasteiger partial charge >= 0.3 is 0 Å². The van der Waals surface area contributed by atoms with Crippen molar-refractivity contribution < 1.29 is 9.53 Å². The Balaban J connectivity index is 1.93. The van der Waals surface area contributed by atoms with Gasteiger partial charge in [-0.25, -0.2) is 0 Å². The highest BCUT2D eigenvalue weighted by atomic mass is 35.5. The summed E-state index contributed by atoms with van der Waals surface area (Å²) in [7, 11) is 0. The zero-order valence-corrected chi connectivity index (χ0v) is 14.8. The molecule has 0 saturated carbocycles. The zero-order chi connectivity index (χ0) is 17.4. The fourth-order valence-electron chi connectivity index (χ4n) is 2.10. The Bertz CT molecular complexity index is 708. The van der Waals surface area contributed by atoms with Gasteiger partial charge in [0, 0.05) is 28.5 Å². The van der Waals surface area contributed by atoms with E-state index in [-0.39, 0.29) is 5.78 Å². The minimum atomic E-state index is -0.0673. The smallest absolute Gasteiger partial charge is 0.187 e. The summed E-state index contributed by atoms with van der Waals surface area (Å²) in [5.74, 6) is 0.721. The lowest BCUT2D eigenvalue weighted by Crippen LogP contribution is -1.99. The van der Waals surface area contributed by atoms with Crippen molar-refractivity contribution in [3.63, 3.8) is 0 Å². The van der Waals surface area contributed by atoms with Crippen molar-refractivity contribution in [3.8, 4) is 5.75 Å². The van der Waals surface area contributed by atoms with Gasteiger partial charge in [0.15, 0.2) is 5.78 Å². The van der Waals surface area contributed by atoms with E-state index in [1.807, 2.05) is 37.3 Å². The highest BCUT2D eigenvalue weighted by Crippen LogP contribution is 2.20. The number of anilines is 1. The minimum absolute atomic E-state index is 0.0673. The Labute approximate surface area is 148 Å². The van der Waals surface area contributed by atoms with Gasteiger partial charge in [0.1, 0.15) is 5.75 Å². The lowest BCUT2D eigenvalue weighted by molar-refractivity contribution is 0.104. The van der Waals surface area contributed by atoms with Crippen molar-refractivity contribution >= 4 is 23.1 Å². The predicted molar refractivity (Wildman–Crippen MR) is 100 cm³/mol. The highest BCUT2D eigenvalue weighted by Gasteiger charge is 2.03. The van der Waals surface area contributed by atoms with E-state index in [0.29, 0.717) is 17.2 Å². The summed E-state index contributed by atoms with van der Waals surface area (Å²) in [6.45, 7) is 4.80. The molecule has 0 aliphatic heterocycles. The molecular formula is C20H22ClNO2. The molecule has 2 aromatic carbocycles. The Kier molecular flexibility index (Phi) is 6.89. The monoisotopic (exact) mass is 343 g/mol. The van der Waals surface area contributed by atoms with E-state index >= 15 is 0 Å². The number of carbonyl (C=O) groups is 1. The van der Waals surface area contributed by atoms with Crippen LogP contribution >= 0.6 is 11.6 Å². The number of benzene rings is 2. The third-order valence-electron chi connectivity index (χ3n) is 3.58. The third kappa shape index (κ3) is 5.43. The molecule has 0 aliphatic carbocycles. The number of allylic oxidation sites excluding steroid dienone is 1. The maximum atomic E-state index is 12.2. The van der Waals surface area contributed by atoms with Crippen LogP contribution in [-0.2, 0) is 0 Å². The van der Waals surface area contributed by atoms with Gasteiger partial charge in [-0.3, -0.25) is 4.79 Å². The minimum Gasteiger partial charge on any atom is -0.494 e. The molecule has 2 aromatic rings. The molecule has 24 heavy (non-hydrogen) atoms. The van der Waals surface area contributed by atoms with E-state index in [0.717, 1.165) is 29.8 Å². The average Bonchev–Trinajstić information content (AvgIpc) is 2.58. The molecule has 0 unspecified atom stereocenters. The van der Waals surface area contributed by atoms with E-state index in [4.69, 9.17) is 16.3 Å². The van der Waals surface area contributed by atoms with Gasteiger partial charge in [-0.1, -0.05) is 31.0 Å². The lowest BCUT2D eigenvalue weighted by Gasteiger charge is -2.06. The molecule has 3 nitrogen and oxygen atoms in total. The number of aryl methyl sites for hydroxylation is 1. The number of halogens is 1. The fourth-order valence-corrected chi connectivity index (χ4v) is 2.27. The number of ketones is 1. The van der Waals surface area contributed by atoms with Crippen molar-refractivity contribution in [1.82, 2.24) is 0 Å². The van der Waals surface area contributed by atoms with E-state index in [2.05, 4.69) is 12.2 Å². The van der Waals surface area contributed by atoms with Crippen LogP contribution in [0.1, 0.15) is 35.7 Å². The Hall–Kier alpha value is -2.26. The summed E-state index contributed by atoms with van der Waals surface area (Å²) < 4.78 is 5.59. The van der Waals surface area contributed by atoms with Gasteiger partial charge in [0.05, 0.1) is 6.61 Å².